The molecular weight excluding hydrogens is 198 g/mol. The summed E-state index contributed by atoms with van der Waals surface area (Å²) in [6, 6.07) is 0.472. The van der Waals surface area contributed by atoms with Crippen LogP contribution in [0.5, 0.6) is 0 Å². The van der Waals surface area contributed by atoms with Gasteiger partial charge in [0.2, 0.25) is 5.91 Å². The molecule has 2 nitrogen and oxygen atoms in total. The molecule has 0 radical (unpaired) electrons. The second-order valence-corrected chi connectivity index (χ2v) is 5.93. The summed E-state index contributed by atoms with van der Waals surface area (Å²) < 4.78 is 0. The zero-order valence-electron chi connectivity index (χ0n) is 10.6. The van der Waals surface area contributed by atoms with Gasteiger partial charge in [-0.05, 0) is 25.7 Å². The molecule has 2 heteroatoms. The second-order valence-electron chi connectivity index (χ2n) is 5.93. The molecule has 16 heavy (non-hydrogen) atoms. The maximum atomic E-state index is 12.3. The Morgan fingerprint density at radius 3 is 2.19 bits per heavy atom. The van der Waals surface area contributed by atoms with Crippen LogP contribution in [0.25, 0.3) is 0 Å². The third-order valence-corrected chi connectivity index (χ3v) is 4.45. The minimum Gasteiger partial charge on any atom is -0.353 e. The first-order chi connectivity index (χ1) is 7.71. The molecule has 0 aliphatic heterocycles. The van der Waals surface area contributed by atoms with E-state index in [9.17, 15) is 4.79 Å². The minimum atomic E-state index is -0.0598. The highest BCUT2D eigenvalue weighted by atomic mass is 16.2. The summed E-state index contributed by atoms with van der Waals surface area (Å²) in [4.78, 5) is 12.3. The maximum absolute atomic E-state index is 12.3. The van der Waals surface area contributed by atoms with Crippen molar-refractivity contribution in [1.82, 2.24) is 5.32 Å². The summed E-state index contributed by atoms with van der Waals surface area (Å²) in [5.41, 5.74) is -0.0598. The highest BCUT2D eigenvalue weighted by Gasteiger charge is 2.35. The first-order valence-corrected chi connectivity index (χ1v) is 7.02. The van der Waals surface area contributed by atoms with Crippen LogP contribution in [0.1, 0.15) is 71.1 Å². The van der Waals surface area contributed by atoms with Gasteiger partial charge in [-0.1, -0.05) is 45.4 Å². The zero-order valence-corrected chi connectivity index (χ0v) is 10.6. The fourth-order valence-corrected chi connectivity index (χ4v) is 3.17. The Balaban J connectivity index is 1.85. The lowest BCUT2D eigenvalue weighted by Crippen LogP contribution is -2.45. The van der Waals surface area contributed by atoms with Gasteiger partial charge >= 0.3 is 0 Å². The van der Waals surface area contributed by atoms with Crippen LogP contribution < -0.4 is 5.32 Å². The van der Waals surface area contributed by atoms with Gasteiger partial charge in [-0.2, -0.15) is 0 Å². The van der Waals surface area contributed by atoms with Crippen molar-refractivity contribution < 1.29 is 4.79 Å². The Kier molecular flexibility index (Phi) is 3.88. The number of nitrogens with one attached hydrogen (secondary N) is 1. The van der Waals surface area contributed by atoms with Crippen LogP contribution in [-0.4, -0.2) is 11.9 Å². The van der Waals surface area contributed by atoms with E-state index in [-0.39, 0.29) is 5.41 Å². The van der Waals surface area contributed by atoms with Gasteiger partial charge in [-0.15, -0.1) is 0 Å². The first-order valence-electron chi connectivity index (χ1n) is 7.02. The quantitative estimate of drug-likeness (QED) is 0.763. The summed E-state index contributed by atoms with van der Waals surface area (Å²) >= 11 is 0. The highest BCUT2D eigenvalue weighted by molar-refractivity contribution is 5.82. The summed E-state index contributed by atoms with van der Waals surface area (Å²) in [5, 5.41) is 3.29. The van der Waals surface area contributed by atoms with Crippen molar-refractivity contribution >= 4 is 5.91 Å². The van der Waals surface area contributed by atoms with Crippen molar-refractivity contribution in [3.05, 3.63) is 0 Å². The average Bonchev–Trinajstić information content (AvgIpc) is 2.31. The lowest BCUT2D eigenvalue weighted by Gasteiger charge is -2.34. The summed E-state index contributed by atoms with van der Waals surface area (Å²) in [5.74, 6) is 0.333. The van der Waals surface area contributed by atoms with Gasteiger partial charge < -0.3 is 5.32 Å². The SMILES string of the molecule is CC1(C(=O)NC2CCCCC2)CCCCC1. The molecule has 0 atom stereocenters. The van der Waals surface area contributed by atoms with Crippen molar-refractivity contribution in [2.24, 2.45) is 5.41 Å². The molecule has 0 heterocycles. The van der Waals surface area contributed by atoms with Gasteiger partial charge in [-0.3, -0.25) is 4.79 Å². The molecule has 92 valence electrons. The van der Waals surface area contributed by atoms with Crippen LogP contribution in [0.15, 0.2) is 0 Å². The molecule has 0 saturated heterocycles. The zero-order chi connectivity index (χ0) is 11.4. The van der Waals surface area contributed by atoms with Crippen LogP contribution in [0.2, 0.25) is 0 Å². The molecule has 0 bridgehead atoms. The maximum Gasteiger partial charge on any atom is 0.226 e. The summed E-state index contributed by atoms with van der Waals surface area (Å²) in [6.07, 6.45) is 12.3. The van der Waals surface area contributed by atoms with E-state index in [0.29, 0.717) is 11.9 Å². The molecule has 2 saturated carbocycles. The number of amides is 1. The van der Waals surface area contributed by atoms with Crippen LogP contribution in [0.4, 0.5) is 0 Å². The molecule has 0 unspecified atom stereocenters. The van der Waals surface area contributed by atoms with Gasteiger partial charge in [0.05, 0.1) is 0 Å². The Morgan fingerprint density at radius 2 is 1.56 bits per heavy atom. The van der Waals surface area contributed by atoms with Crippen molar-refractivity contribution in [2.45, 2.75) is 77.2 Å². The predicted octanol–water partition coefficient (Wildman–Crippen LogP) is 3.41. The van der Waals surface area contributed by atoms with Crippen LogP contribution in [0.3, 0.4) is 0 Å². The average molecular weight is 223 g/mol. The van der Waals surface area contributed by atoms with Crippen LogP contribution in [0, 0.1) is 5.41 Å². The van der Waals surface area contributed by atoms with E-state index in [1.807, 2.05) is 0 Å². The molecule has 2 rings (SSSR count). The highest BCUT2D eigenvalue weighted by Crippen LogP contribution is 2.36. The summed E-state index contributed by atoms with van der Waals surface area (Å²) in [6.45, 7) is 2.16. The number of rotatable bonds is 2. The van der Waals surface area contributed by atoms with E-state index in [4.69, 9.17) is 0 Å². The van der Waals surface area contributed by atoms with Crippen molar-refractivity contribution in [3.63, 3.8) is 0 Å². The lowest BCUT2D eigenvalue weighted by molar-refractivity contribution is -0.132. The molecule has 2 aliphatic rings. The largest absolute Gasteiger partial charge is 0.353 e. The standard InChI is InChI=1S/C14H25NO/c1-14(10-6-3-7-11-14)13(16)15-12-8-4-2-5-9-12/h12H,2-11H2,1H3,(H,15,16). The third-order valence-electron chi connectivity index (χ3n) is 4.45. The summed E-state index contributed by atoms with van der Waals surface area (Å²) in [7, 11) is 0. The lowest BCUT2D eigenvalue weighted by atomic mass is 9.74. The van der Waals surface area contributed by atoms with E-state index in [1.54, 1.807) is 0 Å². The normalized spacial score (nSPS) is 26.3. The van der Waals surface area contributed by atoms with E-state index in [1.165, 1.54) is 51.4 Å². The van der Waals surface area contributed by atoms with E-state index in [0.717, 1.165) is 12.8 Å². The third kappa shape index (κ3) is 2.78. The minimum absolute atomic E-state index is 0.0598. The molecule has 1 amide bonds. The molecule has 0 aromatic heterocycles. The Bertz CT molecular complexity index is 237. The molecule has 0 spiro atoms. The second kappa shape index (κ2) is 5.20. The van der Waals surface area contributed by atoms with Crippen molar-refractivity contribution in [1.29, 1.82) is 0 Å². The van der Waals surface area contributed by atoms with Gasteiger partial charge in [0.1, 0.15) is 0 Å². The fraction of sp³-hybridized carbons (Fsp3) is 0.929. The first kappa shape index (κ1) is 11.9. The Hall–Kier alpha value is -0.530. The number of carbonyl (C=O) groups is 1. The van der Waals surface area contributed by atoms with Gasteiger partial charge in [0, 0.05) is 11.5 Å². The van der Waals surface area contributed by atoms with E-state index in [2.05, 4.69) is 12.2 Å². The molecule has 0 aromatic carbocycles. The number of hydrogen-bond donors (Lipinski definition) is 1. The molecule has 2 fully saturated rings. The molecule has 2 aliphatic carbocycles. The van der Waals surface area contributed by atoms with Gasteiger partial charge in [0.25, 0.3) is 0 Å². The van der Waals surface area contributed by atoms with Gasteiger partial charge in [0.15, 0.2) is 0 Å². The molecule has 1 N–H and O–H groups in total. The van der Waals surface area contributed by atoms with E-state index >= 15 is 0 Å². The van der Waals surface area contributed by atoms with Crippen molar-refractivity contribution in [3.8, 4) is 0 Å². The predicted molar refractivity (Wildman–Crippen MR) is 66.2 cm³/mol. The Morgan fingerprint density at radius 1 is 1.00 bits per heavy atom. The molecule has 0 aromatic rings. The smallest absolute Gasteiger partial charge is 0.226 e. The Labute approximate surface area is 99.2 Å². The van der Waals surface area contributed by atoms with Crippen molar-refractivity contribution in [2.75, 3.05) is 0 Å². The fourth-order valence-electron chi connectivity index (χ4n) is 3.17. The van der Waals surface area contributed by atoms with Crippen LogP contribution in [-0.2, 0) is 4.79 Å². The number of carbonyl (C=O) groups excluding carboxylic acids is 1. The van der Waals surface area contributed by atoms with E-state index < -0.39 is 0 Å². The monoisotopic (exact) mass is 223 g/mol. The number of hydrogen-bond acceptors (Lipinski definition) is 1. The topological polar surface area (TPSA) is 29.1 Å². The molecular formula is C14H25NO. The van der Waals surface area contributed by atoms with Gasteiger partial charge in [-0.25, -0.2) is 0 Å². The van der Waals surface area contributed by atoms with Crippen LogP contribution >= 0.6 is 0 Å².